The van der Waals surface area contributed by atoms with Crippen LogP contribution in [-0.4, -0.2) is 38.8 Å². The second-order valence-electron chi connectivity index (χ2n) is 7.90. The van der Waals surface area contributed by atoms with Gasteiger partial charge in [-0.25, -0.2) is 8.42 Å². The molecular formula is C25H25ClN2O5S. The van der Waals surface area contributed by atoms with Gasteiger partial charge < -0.3 is 14.8 Å². The number of carbonyl (C=O) groups excluding carboxylic acids is 1. The fourth-order valence-electron chi connectivity index (χ4n) is 3.88. The molecule has 1 atom stereocenters. The first-order valence-corrected chi connectivity index (χ1v) is 12.7. The first kappa shape index (κ1) is 24.1. The van der Waals surface area contributed by atoms with Crippen molar-refractivity contribution < 1.29 is 22.7 Å². The number of amides is 1. The monoisotopic (exact) mass is 500 g/mol. The average molecular weight is 501 g/mol. The molecule has 1 aliphatic rings. The predicted molar refractivity (Wildman–Crippen MR) is 131 cm³/mol. The molecule has 0 saturated carbocycles. The Morgan fingerprint density at radius 1 is 1.03 bits per heavy atom. The Kier molecular flexibility index (Phi) is 7.41. The van der Waals surface area contributed by atoms with Crippen LogP contribution in [0.4, 0.5) is 5.69 Å². The van der Waals surface area contributed by atoms with E-state index in [0.29, 0.717) is 41.6 Å². The Bertz CT molecular complexity index is 1270. The summed E-state index contributed by atoms with van der Waals surface area (Å²) in [6.07, 6.45) is 1.13. The first-order valence-electron chi connectivity index (χ1n) is 10.8. The molecule has 0 aliphatic carbocycles. The average Bonchev–Trinajstić information content (AvgIpc) is 2.86. The molecule has 1 amide bonds. The molecule has 0 spiro atoms. The molecule has 34 heavy (non-hydrogen) atoms. The number of sulfonamides is 1. The molecule has 0 aromatic heterocycles. The zero-order valence-corrected chi connectivity index (χ0v) is 20.2. The lowest BCUT2D eigenvalue weighted by Gasteiger charge is -2.31. The predicted octanol–water partition coefficient (Wildman–Crippen LogP) is 5.18. The molecule has 1 aliphatic heterocycles. The van der Waals surface area contributed by atoms with E-state index in [9.17, 15) is 13.2 Å². The van der Waals surface area contributed by atoms with Gasteiger partial charge in [0.1, 0.15) is 16.4 Å². The van der Waals surface area contributed by atoms with Crippen LogP contribution in [0.25, 0.3) is 0 Å². The van der Waals surface area contributed by atoms with Gasteiger partial charge in [0.25, 0.3) is 0 Å². The third-order valence-corrected chi connectivity index (χ3v) is 7.74. The van der Waals surface area contributed by atoms with Gasteiger partial charge in [-0.3, -0.25) is 4.79 Å². The molecule has 1 saturated heterocycles. The van der Waals surface area contributed by atoms with Crippen LogP contribution < -0.4 is 14.8 Å². The first-order chi connectivity index (χ1) is 16.4. The van der Waals surface area contributed by atoms with Crippen LogP contribution >= 0.6 is 11.6 Å². The molecule has 9 heteroatoms. The van der Waals surface area contributed by atoms with Crippen molar-refractivity contribution in [3.63, 3.8) is 0 Å². The number of hydrogen-bond acceptors (Lipinski definition) is 5. The lowest BCUT2D eigenvalue weighted by atomic mass is 9.98. The van der Waals surface area contributed by atoms with Crippen LogP contribution in [0.15, 0.2) is 77.7 Å². The number of benzene rings is 3. The summed E-state index contributed by atoms with van der Waals surface area (Å²) in [6.45, 7) is 0.376. The van der Waals surface area contributed by atoms with Gasteiger partial charge in [0.2, 0.25) is 15.9 Å². The number of piperidine rings is 1. The molecule has 178 valence electrons. The third kappa shape index (κ3) is 5.35. The van der Waals surface area contributed by atoms with E-state index in [1.165, 1.54) is 23.5 Å². The second-order valence-corrected chi connectivity index (χ2v) is 10.2. The molecule has 1 fully saturated rings. The van der Waals surface area contributed by atoms with E-state index >= 15 is 0 Å². The molecule has 3 aromatic carbocycles. The van der Waals surface area contributed by atoms with Gasteiger partial charge >= 0.3 is 0 Å². The molecule has 7 nitrogen and oxygen atoms in total. The fraction of sp³-hybridized carbons (Fsp3) is 0.240. The Balaban J connectivity index is 1.50. The van der Waals surface area contributed by atoms with Gasteiger partial charge in [0, 0.05) is 18.1 Å². The van der Waals surface area contributed by atoms with Crippen LogP contribution in [-0.2, 0) is 14.8 Å². The molecule has 0 unspecified atom stereocenters. The van der Waals surface area contributed by atoms with Crippen molar-refractivity contribution in [1.82, 2.24) is 4.31 Å². The maximum atomic E-state index is 13.3. The second kappa shape index (κ2) is 10.5. The smallest absolute Gasteiger partial charge is 0.246 e. The quantitative estimate of drug-likeness (QED) is 0.483. The fourth-order valence-corrected chi connectivity index (χ4v) is 5.82. The number of carbonyl (C=O) groups is 1. The zero-order chi connectivity index (χ0) is 24.1. The Morgan fingerprint density at radius 2 is 1.76 bits per heavy atom. The van der Waals surface area contributed by atoms with E-state index in [0.717, 1.165) is 0 Å². The van der Waals surface area contributed by atoms with Gasteiger partial charge in [-0.05, 0) is 55.3 Å². The lowest BCUT2D eigenvalue weighted by Crippen LogP contribution is -2.43. The number of anilines is 1. The van der Waals surface area contributed by atoms with E-state index in [-0.39, 0.29) is 23.1 Å². The Labute approximate surface area is 204 Å². The van der Waals surface area contributed by atoms with Crippen LogP contribution in [0.3, 0.4) is 0 Å². The van der Waals surface area contributed by atoms with E-state index in [1.807, 2.05) is 36.4 Å². The van der Waals surface area contributed by atoms with Crippen molar-refractivity contribution in [3.8, 4) is 17.2 Å². The minimum Gasteiger partial charge on any atom is -0.495 e. The van der Waals surface area contributed by atoms with Gasteiger partial charge in [0.05, 0.1) is 18.7 Å². The number of hydrogen-bond donors (Lipinski definition) is 1. The van der Waals surface area contributed by atoms with Crippen molar-refractivity contribution in [2.24, 2.45) is 5.92 Å². The summed E-state index contributed by atoms with van der Waals surface area (Å²) < 4.78 is 39.2. The van der Waals surface area contributed by atoms with Gasteiger partial charge in [-0.15, -0.1) is 0 Å². The van der Waals surface area contributed by atoms with Crippen LogP contribution in [0.5, 0.6) is 17.2 Å². The highest BCUT2D eigenvalue weighted by Gasteiger charge is 2.35. The van der Waals surface area contributed by atoms with Crippen molar-refractivity contribution in [2.75, 3.05) is 25.5 Å². The topological polar surface area (TPSA) is 84.9 Å². The van der Waals surface area contributed by atoms with E-state index < -0.39 is 15.9 Å². The maximum absolute atomic E-state index is 13.3. The Morgan fingerprint density at radius 3 is 2.53 bits per heavy atom. The summed E-state index contributed by atoms with van der Waals surface area (Å²) in [5, 5.41) is 3.21. The molecule has 0 radical (unpaired) electrons. The maximum Gasteiger partial charge on any atom is 0.246 e. The summed E-state index contributed by atoms with van der Waals surface area (Å²) >= 11 is 6.05. The summed E-state index contributed by atoms with van der Waals surface area (Å²) in [7, 11) is -2.49. The molecule has 1 N–H and O–H groups in total. The molecular weight excluding hydrogens is 476 g/mol. The number of ether oxygens (including phenoxy) is 2. The lowest BCUT2D eigenvalue weighted by molar-refractivity contribution is -0.120. The highest BCUT2D eigenvalue weighted by atomic mass is 35.5. The summed E-state index contributed by atoms with van der Waals surface area (Å²) in [5.41, 5.74) is 0.521. The van der Waals surface area contributed by atoms with Gasteiger partial charge in [0.15, 0.2) is 5.75 Å². The number of nitrogens with one attached hydrogen (secondary N) is 1. The minimum absolute atomic E-state index is 0.00911. The zero-order valence-electron chi connectivity index (χ0n) is 18.6. The number of methoxy groups -OCH3 is 1. The summed E-state index contributed by atoms with van der Waals surface area (Å²) in [4.78, 5) is 13.1. The molecule has 1 heterocycles. The van der Waals surface area contributed by atoms with Crippen molar-refractivity contribution in [2.45, 2.75) is 17.7 Å². The molecule has 4 rings (SSSR count). The van der Waals surface area contributed by atoms with Gasteiger partial charge in [-0.2, -0.15) is 4.31 Å². The van der Waals surface area contributed by atoms with E-state index in [2.05, 4.69) is 5.32 Å². The van der Waals surface area contributed by atoms with Crippen molar-refractivity contribution >= 4 is 33.2 Å². The standard InChI is InChI=1S/C25H25ClN2O5S/c1-32-23-14-13-19(26)16-24(23)34(30,31)28-15-7-8-18(17-28)25(29)27-21-11-5-6-12-22(21)33-20-9-3-2-4-10-20/h2-6,9-14,16,18H,7-8,15,17H2,1H3,(H,27,29)/t18-/m0/s1. The van der Waals surface area contributed by atoms with E-state index in [4.69, 9.17) is 21.1 Å². The number of halogens is 1. The minimum atomic E-state index is -3.90. The summed E-state index contributed by atoms with van der Waals surface area (Å²) in [6, 6.07) is 20.9. The number of para-hydroxylation sites is 3. The van der Waals surface area contributed by atoms with Crippen LogP contribution in [0, 0.1) is 5.92 Å². The molecule has 3 aromatic rings. The summed E-state index contributed by atoms with van der Waals surface area (Å²) in [5.74, 6) is 0.587. The largest absolute Gasteiger partial charge is 0.495 e. The Hall–Kier alpha value is -3.07. The number of rotatable bonds is 7. The highest BCUT2D eigenvalue weighted by Crippen LogP contribution is 2.33. The molecule has 0 bridgehead atoms. The van der Waals surface area contributed by atoms with E-state index in [1.54, 1.807) is 24.3 Å². The normalized spacial score (nSPS) is 16.6. The highest BCUT2D eigenvalue weighted by molar-refractivity contribution is 7.89. The van der Waals surface area contributed by atoms with Crippen molar-refractivity contribution in [3.05, 3.63) is 77.8 Å². The number of nitrogens with zero attached hydrogens (tertiary/aromatic N) is 1. The van der Waals surface area contributed by atoms with Crippen LogP contribution in [0.1, 0.15) is 12.8 Å². The van der Waals surface area contributed by atoms with Crippen LogP contribution in [0.2, 0.25) is 5.02 Å². The third-order valence-electron chi connectivity index (χ3n) is 5.61. The SMILES string of the molecule is COc1ccc(Cl)cc1S(=O)(=O)N1CCC[C@H](C(=O)Nc2ccccc2Oc2ccccc2)C1. The van der Waals surface area contributed by atoms with Crippen molar-refractivity contribution in [1.29, 1.82) is 0 Å². The van der Waals surface area contributed by atoms with Gasteiger partial charge in [-0.1, -0.05) is 41.9 Å².